The van der Waals surface area contributed by atoms with Gasteiger partial charge < -0.3 is 10.2 Å². The van der Waals surface area contributed by atoms with Crippen LogP contribution in [0.2, 0.25) is 0 Å². The number of aromatic nitrogens is 2. The largest absolute Gasteiger partial charge is 0.373 e. The van der Waals surface area contributed by atoms with Gasteiger partial charge in [0.25, 0.3) is 0 Å². The maximum absolute atomic E-state index is 5.07. The molecule has 1 fully saturated rings. The summed E-state index contributed by atoms with van der Waals surface area (Å²) in [6, 6.07) is 0. The van der Waals surface area contributed by atoms with Gasteiger partial charge in [-0.25, -0.2) is 9.97 Å². The van der Waals surface area contributed by atoms with Crippen molar-refractivity contribution in [1.82, 2.24) is 14.9 Å². The van der Waals surface area contributed by atoms with E-state index in [9.17, 15) is 0 Å². The molecule has 0 radical (unpaired) electrons. The Morgan fingerprint density at radius 3 is 2.43 bits per heavy atom. The van der Waals surface area contributed by atoms with Crippen LogP contribution in [0.15, 0.2) is 0 Å². The van der Waals surface area contributed by atoms with E-state index in [1.807, 2.05) is 7.05 Å². The third-order valence-corrected chi connectivity index (χ3v) is 5.41. The fraction of sp³-hybridized carbons (Fsp3) is 0.789. The molecule has 1 N–H and O–H groups in total. The molecule has 1 aromatic heterocycles. The predicted octanol–water partition coefficient (Wildman–Crippen LogP) is 3.97. The lowest BCUT2D eigenvalue weighted by Crippen LogP contribution is -2.22. The molecular formula is C19H32N4. The van der Waals surface area contributed by atoms with Crippen molar-refractivity contribution >= 4 is 5.82 Å². The van der Waals surface area contributed by atoms with Crippen molar-refractivity contribution in [2.75, 3.05) is 26.0 Å². The molecule has 128 valence electrons. The molecule has 2 aliphatic rings. The van der Waals surface area contributed by atoms with Crippen molar-refractivity contribution in [3.05, 3.63) is 17.1 Å². The highest BCUT2D eigenvalue weighted by molar-refractivity contribution is 5.47. The van der Waals surface area contributed by atoms with Crippen molar-refractivity contribution in [3.63, 3.8) is 0 Å². The fourth-order valence-corrected chi connectivity index (χ4v) is 4.26. The number of nitrogens with zero attached hydrogens (tertiary/aromatic N) is 3. The first-order valence-electron chi connectivity index (χ1n) is 9.43. The van der Waals surface area contributed by atoms with Crippen LogP contribution in [0.1, 0.15) is 74.9 Å². The minimum absolute atomic E-state index is 0.554. The van der Waals surface area contributed by atoms with E-state index in [4.69, 9.17) is 9.97 Å². The Hall–Kier alpha value is -1.16. The van der Waals surface area contributed by atoms with Crippen LogP contribution in [0.25, 0.3) is 0 Å². The lowest BCUT2D eigenvalue weighted by atomic mass is 9.90. The number of hydrogen-bond donors (Lipinski definition) is 1. The number of fused-ring (bicyclic) bond motifs is 1. The summed E-state index contributed by atoms with van der Waals surface area (Å²) in [7, 11) is 4.21. The van der Waals surface area contributed by atoms with E-state index in [0.29, 0.717) is 11.8 Å². The molecule has 0 saturated heterocycles. The zero-order valence-electron chi connectivity index (χ0n) is 15.1. The topological polar surface area (TPSA) is 41.1 Å². The highest BCUT2D eigenvalue weighted by Gasteiger charge is 2.24. The molecule has 2 heterocycles. The van der Waals surface area contributed by atoms with Gasteiger partial charge in [-0.05, 0) is 32.2 Å². The van der Waals surface area contributed by atoms with E-state index in [2.05, 4.69) is 24.2 Å². The molecule has 4 nitrogen and oxygen atoms in total. The Labute approximate surface area is 141 Å². The van der Waals surface area contributed by atoms with Gasteiger partial charge in [-0.2, -0.15) is 0 Å². The molecule has 1 aliphatic heterocycles. The van der Waals surface area contributed by atoms with E-state index in [1.165, 1.54) is 56.2 Å². The van der Waals surface area contributed by atoms with Gasteiger partial charge in [0, 0.05) is 31.6 Å². The van der Waals surface area contributed by atoms with Gasteiger partial charge in [-0.3, -0.25) is 0 Å². The van der Waals surface area contributed by atoms with Crippen LogP contribution in [0, 0.1) is 5.92 Å². The molecule has 0 bridgehead atoms. The number of rotatable bonds is 2. The SMILES string of the molecule is CNc1nc(C2CCCCCCC2)nc2c1CC(C)CN(C)C2. The van der Waals surface area contributed by atoms with Crippen LogP contribution in [0.3, 0.4) is 0 Å². The van der Waals surface area contributed by atoms with E-state index in [1.54, 1.807) is 0 Å². The normalized spacial score (nSPS) is 24.4. The summed E-state index contributed by atoms with van der Waals surface area (Å²) >= 11 is 0. The van der Waals surface area contributed by atoms with Crippen molar-refractivity contribution in [2.24, 2.45) is 5.92 Å². The molecule has 1 aliphatic carbocycles. The van der Waals surface area contributed by atoms with Gasteiger partial charge >= 0.3 is 0 Å². The minimum atomic E-state index is 0.554. The third-order valence-electron chi connectivity index (χ3n) is 5.41. The zero-order valence-corrected chi connectivity index (χ0v) is 15.1. The van der Waals surface area contributed by atoms with Crippen LogP contribution < -0.4 is 5.32 Å². The second kappa shape index (κ2) is 7.61. The van der Waals surface area contributed by atoms with Gasteiger partial charge in [0.1, 0.15) is 11.6 Å². The first-order chi connectivity index (χ1) is 11.2. The van der Waals surface area contributed by atoms with Crippen molar-refractivity contribution < 1.29 is 0 Å². The van der Waals surface area contributed by atoms with Gasteiger partial charge in [0.15, 0.2) is 0 Å². The van der Waals surface area contributed by atoms with E-state index in [0.717, 1.165) is 31.2 Å². The molecule has 23 heavy (non-hydrogen) atoms. The van der Waals surface area contributed by atoms with Gasteiger partial charge in [-0.1, -0.05) is 39.0 Å². The maximum Gasteiger partial charge on any atom is 0.134 e. The number of hydrogen-bond acceptors (Lipinski definition) is 4. The Bertz CT molecular complexity index is 520. The first kappa shape index (κ1) is 16.7. The first-order valence-corrected chi connectivity index (χ1v) is 9.43. The smallest absolute Gasteiger partial charge is 0.134 e. The minimum Gasteiger partial charge on any atom is -0.373 e. The standard InChI is InChI=1S/C19H32N4/c1-14-11-16-17(13-23(3)12-14)21-18(22-19(16)20-2)15-9-7-5-4-6-8-10-15/h14-15H,4-13H2,1-3H3,(H,20,21,22). The van der Waals surface area contributed by atoms with Gasteiger partial charge in [0.05, 0.1) is 5.69 Å². The molecule has 0 amide bonds. The second-order valence-electron chi connectivity index (χ2n) is 7.65. The highest BCUT2D eigenvalue weighted by Crippen LogP contribution is 2.32. The lowest BCUT2D eigenvalue weighted by molar-refractivity contribution is 0.288. The van der Waals surface area contributed by atoms with Gasteiger partial charge in [-0.15, -0.1) is 0 Å². The van der Waals surface area contributed by atoms with Gasteiger partial charge in [0.2, 0.25) is 0 Å². The molecule has 1 atom stereocenters. The van der Waals surface area contributed by atoms with Crippen LogP contribution >= 0.6 is 0 Å². The van der Waals surface area contributed by atoms with Crippen LogP contribution in [0.4, 0.5) is 5.82 Å². The summed E-state index contributed by atoms with van der Waals surface area (Å²) in [4.78, 5) is 12.4. The molecule has 1 unspecified atom stereocenters. The Balaban J connectivity index is 1.92. The fourth-order valence-electron chi connectivity index (χ4n) is 4.26. The van der Waals surface area contributed by atoms with Crippen LogP contribution in [-0.4, -0.2) is 35.5 Å². The maximum atomic E-state index is 5.07. The van der Waals surface area contributed by atoms with Crippen molar-refractivity contribution in [1.29, 1.82) is 0 Å². The second-order valence-corrected chi connectivity index (χ2v) is 7.65. The third kappa shape index (κ3) is 4.03. The molecule has 3 rings (SSSR count). The number of anilines is 1. The average molecular weight is 316 g/mol. The summed E-state index contributed by atoms with van der Waals surface area (Å²) in [6.45, 7) is 4.42. The zero-order chi connectivity index (χ0) is 16.2. The average Bonchev–Trinajstić information content (AvgIpc) is 2.62. The van der Waals surface area contributed by atoms with Crippen LogP contribution in [0.5, 0.6) is 0 Å². The Morgan fingerprint density at radius 2 is 1.74 bits per heavy atom. The quantitative estimate of drug-likeness (QED) is 0.896. The van der Waals surface area contributed by atoms with Crippen molar-refractivity contribution in [3.8, 4) is 0 Å². The highest BCUT2D eigenvalue weighted by atomic mass is 15.1. The predicted molar refractivity (Wildman–Crippen MR) is 95.8 cm³/mol. The summed E-state index contributed by atoms with van der Waals surface area (Å²) in [5.74, 6) is 3.38. The van der Waals surface area contributed by atoms with E-state index in [-0.39, 0.29) is 0 Å². The lowest BCUT2D eigenvalue weighted by Gasteiger charge is -2.21. The Kier molecular flexibility index (Phi) is 5.52. The summed E-state index contributed by atoms with van der Waals surface area (Å²) in [5, 5.41) is 3.36. The number of nitrogens with one attached hydrogen (secondary N) is 1. The summed E-state index contributed by atoms with van der Waals surface area (Å²) in [5.41, 5.74) is 2.60. The molecular weight excluding hydrogens is 284 g/mol. The molecule has 0 aromatic carbocycles. The summed E-state index contributed by atoms with van der Waals surface area (Å²) < 4.78 is 0. The van der Waals surface area contributed by atoms with Crippen molar-refractivity contribution in [2.45, 2.75) is 70.8 Å². The molecule has 1 saturated carbocycles. The molecule has 0 spiro atoms. The van der Waals surface area contributed by atoms with Crippen LogP contribution in [-0.2, 0) is 13.0 Å². The molecule has 4 heteroatoms. The van der Waals surface area contributed by atoms with E-state index >= 15 is 0 Å². The Morgan fingerprint density at radius 1 is 1.04 bits per heavy atom. The monoisotopic (exact) mass is 316 g/mol. The molecule has 1 aromatic rings. The summed E-state index contributed by atoms with van der Waals surface area (Å²) in [6.07, 6.45) is 10.4. The van der Waals surface area contributed by atoms with E-state index < -0.39 is 0 Å².